The van der Waals surface area contributed by atoms with Gasteiger partial charge in [-0.3, -0.25) is 9.59 Å². The molecule has 0 saturated carbocycles. The first-order valence-corrected chi connectivity index (χ1v) is 12.3. The van der Waals surface area contributed by atoms with E-state index in [0.717, 1.165) is 22.6 Å². The van der Waals surface area contributed by atoms with Crippen LogP contribution in [0.1, 0.15) is 70.2 Å². The summed E-state index contributed by atoms with van der Waals surface area (Å²) in [6.45, 7) is 10.2. The van der Waals surface area contributed by atoms with E-state index in [9.17, 15) is 14.7 Å². The zero-order chi connectivity index (χ0) is 26.6. The van der Waals surface area contributed by atoms with E-state index in [0.29, 0.717) is 22.8 Å². The van der Waals surface area contributed by atoms with E-state index >= 15 is 0 Å². The fourth-order valence-corrected chi connectivity index (χ4v) is 4.27. The van der Waals surface area contributed by atoms with Gasteiger partial charge in [-0.2, -0.15) is 0 Å². The van der Waals surface area contributed by atoms with Crippen LogP contribution in [0.4, 0.5) is 0 Å². The smallest absolute Gasteiger partial charge is 0.305 e. The molecule has 1 amide bonds. The molecule has 7 nitrogen and oxygen atoms in total. The summed E-state index contributed by atoms with van der Waals surface area (Å²) in [5, 5.41) is 12.6. The Morgan fingerprint density at radius 1 is 1.14 bits per heavy atom. The topological polar surface area (TPSA) is 93.5 Å². The Labute approximate surface area is 224 Å². The Morgan fingerprint density at radius 3 is 2.30 bits per heavy atom. The summed E-state index contributed by atoms with van der Waals surface area (Å²) in [6.07, 6.45) is 2.12. The number of aryl methyl sites for hydroxylation is 1. The first kappa shape index (κ1) is 29.9. The van der Waals surface area contributed by atoms with Gasteiger partial charge in [0, 0.05) is 35.8 Å². The van der Waals surface area contributed by atoms with Crippen molar-refractivity contribution in [2.75, 3.05) is 0 Å². The number of hydrogen-bond acceptors (Lipinski definition) is 4. The van der Waals surface area contributed by atoms with E-state index in [1.54, 1.807) is 12.1 Å². The Hall–Kier alpha value is -3.32. The number of carboxylic acid groups (broad SMARTS) is 1. The molecule has 0 aliphatic heterocycles. The summed E-state index contributed by atoms with van der Waals surface area (Å²) in [6, 6.07) is 12.0. The standard InChI is InChI=1S/C28H34ClN3O4.CH4/c1-17(2)36-24-12-11-20(14-22(24)29)26(35)30-21(15-25(33)34)13-18-7-9-19(10-8-18)23-16-32(6)27(31-23)28(3,4)5;/h7-12,14,16-17,21H,13,15H2,1-6H3,(H,30,35)(H,33,34);1H4/t21-;/m0./s1. The molecular weight excluding hydrogens is 490 g/mol. The number of benzene rings is 2. The lowest BCUT2D eigenvalue weighted by atomic mass is 9.96. The third-order valence-electron chi connectivity index (χ3n) is 5.59. The summed E-state index contributed by atoms with van der Waals surface area (Å²) in [5.41, 5.74) is 3.04. The van der Waals surface area contributed by atoms with Gasteiger partial charge in [-0.05, 0) is 44.0 Å². The summed E-state index contributed by atoms with van der Waals surface area (Å²) in [4.78, 5) is 29.1. The number of aliphatic carboxylic acids is 1. The fraction of sp³-hybridized carbons (Fsp3) is 0.414. The molecule has 37 heavy (non-hydrogen) atoms. The van der Waals surface area contributed by atoms with Crippen LogP contribution >= 0.6 is 11.6 Å². The third kappa shape index (κ3) is 8.09. The largest absolute Gasteiger partial charge is 0.489 e. The Kier molecular flexibility index (Phi) is 9.93. The van der Waals surface area contributed by atoms with E-state index in [-0.39, 0.29) is 31.3 Å². The maximum absolute atomic E-state index is 12.9. The molecule has 2 N–H and O–H groups in total. The molecule has 3 aromatic rings. The number of ether oxygens (including phenoxy) is 1. The monoisotopic (exact) mass is 527 g/mol. The normalized spacial score (nSPS) is 12.1. The summed E-state index contributed by atoms with van der Waals surface area (Å²) < 4.78 is 7.65. The van der Waals surface area contributed by atoms with Crippen molar-refractivity contribution in [1.82, 2.24) is 14.9 Å². The van der Waals surface area contributed by atoms with E-state index in [1.807, 2.05) is 55.9 Å². The van der Waals surface area contributed by atoms with E-state index in [1.165, 1.54) is 6.07 Å². The van der Waals surface area contributed by atoms with Crippen molar-refractivity contribution in [3.63, 3.8) is 0 Å². The van der Waals surface area contributed by atoms with Gasteiger partial charge in [-0.15, -0.1) is 0 Å². The number of hydrogen-bond donors (Lipinski definition) is 2. The van der Waals surface area contributed by atoms with Crippen LogP contribution < -0.4 is 10.1 Å². The Bertz CT molecular complexity index is 1230. The SMILES string of the molecule is C.CC(C)Oc1ccc(C(=O)N[C@H](CC(=O)O)Cc2ccc(-c3cn(C)c(C(C)(C)C)n3)cc2)cc1Cl. The molecule has 8 heteroatoms. The molecule has 3 rings (SSSR count). The number of halogens is 1. The van der Waals surface area contributed by atoms with Gasteiger partial charge < -0.3 is 19.7 Å². The van der Waals surface area contributed by atoms with Gasteiger partial charge in [-0.1, -0.05) is 64.1 Å². The summed E-state index contributed by atoms with van der Waals surface area (Å²) >= 11 is 6.26. The molecule has 0 spiro atoms. The number of nitrogens with one attached hydrogen (secondary N) is 1. The predicted octanol–water partition coefficient (Wildman–Crippen LogP) is 6.28. The zero-order valence-corrected chi connectivity index (χ0v) is 22.4. The van der Waals surface area contributed by atoms with E-state index in [2.05, 4.69) is 26.1 Å². The minimum Gasteiger partial charge on any atom is -0.489 e. The molecule has 1 heterocycles. The van der Waals surface area contributed by atoms with Gasteiger partial charge in [0.15, 0.2) is 0 Å². The van der Waals surface area contributed by atoms with Crippen LogP contribution in [-0.2, 0) is 23.7 Å². The van der Waals surface area contributed by atoms with Crippen molar-refractivity contribution < 1.29 is 19.4 Å². The van der Waals surface area contributed by atoms with Gasteiger partial charge in [0.25, 0.3) is 5.91 Å². The summed E-state index contributed by atoms with van der Waals surface area (Å²) in [7, 11) is 1.99. The molecule has 0 aliphatic rings. The van der Waals surface area contributed by atoms with Crippen LogP contribution in [0.2, 0.25) is 5.02 Å². The number of carbonyl (C=O) groups excluding carboxylic acids is 1. The molecule has 0 bridgehead atoms. The lowest BCUT2D eigenvalue weighted by molar-refractivity contribution is -0.137. The van der Waals surface area contributed by atoms with Gasteiger partial charge in [-0.25, -0.2) is 4.98 Å². The van der Waals surface area contributed by atoms with Crippen LogP contribution in [0.3, 0.4) is 0 Å². The van der Waals surface area contributed by atoms with E-state index < -0.39 is 12.0 Å². The Balaban J connectivity index is 0.00000481. The van der Waals surface area contributed by atoms with Crippen LogP contribution in [0.5, 0.6) is 5.75 Å². The third-order valence-corrected chi connectivity index (χ3v) is 5.89. The lowest BCUT2D eigenvalue weighted by Crippen LogP contribution is -2.38. The van der Waals surface area contributed by atoms with Crippen molar-refractivity contribution >= 4 is 23.5 Å². The fourth-order valence-electron chi connectivity index (χ4n) is 4.04. The van der Waals surface area contributed by atoms with Crippen molar-refractivity contribution in [3.8, 4) is 17.0 Å². The van der Waals surface area contributed by atoms with Crippen LogP contribution in [0, 0.1) is 0 Å². The van der Waals surface area contributed by atoms with Crippen LogP contribution in [-0.4, -0.2) is 38.7 Å². The number of carbonyl (C=O) groups is 2. The molecule has 0 aliphatic carbocycles. The molecule has 0 saturated heterocycles. The van der Waals surface area contributed by atoms with Crippen molar-refractivity contribution in [1.29, 1.82) is 0 Å². The second kappa shape index (κ2) is 12.3. The maximum atomic E-state index is 12.9. The quantitative estimate of drug-likeness (QED) is 0.341. The average Bonchev–Trinajstić information content (AvgIpc) is 3.17. The second-order valence-electron chi connectivity index (χ2n) is 10.3. The molecule has 1 atom stereocenters. The van der Waals surface area contributed by atoms with Gasteiger partial charge in [0.05, 0.1) is 23.2 Å². The maximum Gasteiger partial charge on any atom is 0.305 e. The number of imidazole rings is 1. The highest BCUT2D eigenvalue weighted by Crippen LogP contribution is 2.27. The molecule has 0 fully saturated rings. The van der Waals surface area contributed by atoms with Crippen molar-refractivity contribution in [2.24, 2.45) is 7.05 Å². The van der Waals surface area contributed by atoms with Gasteiger partial charge in [0.2, 0.25) is 0 Å². The highest BCUT2D eigenvalue weighted by atomic mass is 35.5. The highest BCUT2D eigenvalue weighted by molar-refractivity contribution is 6.32. The number of nitrogens with zero attached hydrogens (tertiary/aromatic N) is 2. The van der Waals surface area contributed by atoms with Crippen LogP contribution in [0.25, 0.3) is 11.3 Å². The van der Waals surface area contributed by atoms with Crippen LogP contribution in [0.15, 0.2) is 48.7 Å². The molecule has 0 radical (unpaired) electrons. The van der Waals surface area contributed by atoms with E-state index in [4.69, 9.17) is 21.3 Å². The molecule has 1 aromatic heterocycles. The number of aromatic nitrogens is 2. The number of amides is 1. The minimum atomic E-state index is -0.987. The van der Waals surface area contributed by atoms with Gasteiger partial charge in [0.1, 0.15) is 11.6 Å². The molecule has 0 unspecified atom stereocenters. The molecular formula is C29H38ClN3O4. The highest BCUT2D eigenvalue weighted by Gasteiger charge is 2.21. The number of rotatable bonds is 9. The first-order chi connectivity index (χ1) is 16.8. The minimum absolute atomic E-state index is 0. The predicted molar refractivity (Wildman–Crippen MR) is 149 cm³/mol. The Morgan fingerprint density at radius 2 is 1.78 bits per heavy atom. The van der Waals surface area contributed by atoms with Gasteiger partial charge >= 0.3 is 5.97 Å². The first-order valence-electron chi connectivity index (χ1n) is 12.0. The average molecular weight is 528 g/mol. The van der Waals surface area contributed by atoms with Crippen molar-refractivity contribution in [3.05, 3.63) is 70.6 Å². The second-order valence-corrected chi connectivity index (χ2v) is 10.7. The van der Waals surface area contributed by atoms with Crippen molar-refractivity contribution in [2.45, 2.75) is 72.4 Å². The number of carboxylic acids is 1. The summed E-state index contributed by atoms with van der Waals surface area (Å²) in [5.74, 6) is 0.112. The molecule has 200 valence electrons. The lowest BCUT2D eigenvalue weighted by Gasteiger charge is -2.18. The molecule has 2 aromatic carbocycles. The zero-order valence-electron chi connectivity index (χ0n) is 21.6.